The van der Waals surface area contributed by atoms with Gasteiger partial charge < -0.3 is 24.8 Å². The molecule has 0 bridgehead atoms. The van der Waals surface area contributed by atoms with Gasteiger partial charge in [0, 0.05) is 31.7 Å². The monoisotopic (exact) mass is 450 g/mol. The predicted octanol–water partition coefficient (Wildman–Crippen LogP) is 2.78. The number of carbonyl (C=O) groups excluding carboxylic acids is 2. The summed E-state index contributed by atoms with van der Waals surface area (Å²) in [6, 6.07) is 15.2. The van der Waals surface area contributed by atoms with Crippen LogP contribution >= 0.6 is 0 Å². The van der Waals surface area contributed by atoms with Crippen molar-refractivity contribution in [3.63, 3.8) is 0 Å². The molecule has 1 unspecified atom stereocenters. The van der Waals surface area contributed by atoms with Crippen molar-refractivity contribution in [2.75, 3.05) is 33.4 Å². The second-order valence-corrected chi connectivity index (χ2v) is 8.05. The standard InChI is InChI=1S/C25H26N2O6/c1-32-15-22(23(28)27-12-10-16(11-13-27)24(29)30)26-25(31)33-14-21-19-8-4-2-6-17(19)18-7-3-5-9-20(18)21/h2-10,21-22H,11-15H2,1H3,(H,26,31)(H,29,30). The van der Waals surface area contributed by atoms with Crippen LogP contribution in [-0.2, 0) is 19.1 Å². The number of alkyl carbamates (subject to hydrolysis) is 1. The fourth-order valence-electron chi connectivity index (χ4n) is 4.41. The first-order valence-corrected chi connectivity index (χ1v) is 10.8. The molecular formula is C25H26N2O6. The lowest BCUT2D eigenvalue weighted by Crippen LogP contribution is -2.52. The van der Waals surface area contributed by atoms with Crippen LogP contribution in [-0.4, -0.2) is 67.4 Å². The van der Waals surface area contributed by atoms with E-state index in [1.165, 1.54) is 18.1 Å². The number of benzene rings is 2. The van der Waals surface area contributed by atoms with Crippen molar-refractivity contribution in [2.24, 2.45) is 0 Å². The Hall–Kier alpha value is -3.65. The van der Waals surface area contributed by atoms with Gasteiger partial charge in [-0.15, -0.1) is 0 Å². The molecule has 0 fully saturated rings. The van der Waals surface area contributed by atoms with Gasteiger partial charge in [-0.1, -0.05) is 54.6 Å². The number of methoxy groups -OCH3 is 1. The van der Waals surface area contributed by atoms with Crippen molar-refractivity contribution in [1.29, 1.82) is 0 Å². The Bertz CT molecular complexity index is 1050. The summed E-state index contributed by atoms with van der Waals surface area (Å²) < 4.78 is 10.7. The van der Waals surface area contributed by atoms with E-state index in [0.29, 0.717) is 0 Å². The van der Waals surface area contributed by atoms with Crippen molar-refractivity contribution in [1.82, 2.24) is 10.2 Å². The molecule has 1 aliphatic heterocycles. The van der Waals surface area contributed by atoms with E-state index in [9.17, 15) is 14.4 Å². The number of hydrogen-bond acceptors (Lipinski definition) is 5. The lowest BCUT2D eigenvalue weighted by Gasteiger charge is -2.29. The van der Waals surface area contributed by atoms with Crippen molar-refractivity contribution >= 4 is 18.0 Å². The number of carboxylic acid groups (broad SMARTS) is 1. The summed E-state index contributed by atoms with van der Waals surface area (Å²) in [6.07, 6.45) is 1.07. The molecule has 8 heteroatoms. The summed E-state index contributed by atoms with van der Waals surface area (Å²) in [5.74, 6) is -1.40. The number of fused-ring (bicyclic) bond motifs is 3. The topological polar surface area (TPSA) is 105 Å². The smallest absolute Gasteiger partial charge is 0.407 e. The number of hydrogen-bond donors (Lipinski definition) is 2. The van der Waals surface area contributed by atoms with Crippen LogP contribution in [0.4, 0.5) is 4.79 Å². The fraction of sp³-hybridized carbons (Fsp3) is 0.320. The SMILES string of the molecule is COCC(NC(=O)OCC1c2ccccc2-c2ccccc21)C(=O)N1CC=C(C(=O)O)CC1. The average molecular weight is 450 g/mol. The van der Waals surface area contributed by atoms with E-state index in [0.717, 1.165) is 22.3 Å². The molecule has 33 heavy (non-hydrogen) atoms. The number of nitrogens with one attached hydrogen (secondary N) is 1. The number of carboxylic acids is 1. The van der Waals surface area contributed by atoms with E-state index in [2.05, 4.69) is 17.4 Å². The minimum absolute atomic E-state index is 0.0188. The van der Waals surface area contributed by atoms with E-state index in [-0.39, 0.29) is 50.1 Å². The zero-order valence-electron chi connectivity index (χ0n) is 18.3. The maximum absolute atomic E-state index is 12.9. The highest BCUT2D eigenvalue weighted by atomic mass is 16.5. The number of aliphatic carboxylic acids is 1. The van der Waals surface area contributed by atoms with E-state index >= 15 is 0 Å². The quantitative estimate of drug-likeness (QED) is 0.672. The molecule has 172 valence electrons. The third kappa shape index (κ3) is 4.75. The van der Waals surface area contributed by atoms with Gasteiger partial charge in [-0.2, -0.15) is 0 Å². The van der Waals surface area contributed by atoms with Crippen molar-refractivity contribution < 1.29 is 29.0 Å². The molecule has 8 nitrogen and oxygen atoms in total. The first kappa shape index (κ1) is 22.5. The number of rotatable bonds is 7. The molecule has 4 rings (SSSR count). The maximum atomic E-state index is 12.9. The molecular weight excluding hydrogens is 424 g/mol. The minimum Gasteiger partial charge on any atom is -0.478 e. The van der Waals surface area contributed by atoms with Crippen LogP contribution < -0.4 is 5.32 Å². The van der Waals surface area contributed by atoms with Crippen LogP contribution in [0.5, 0.6) is 0 Å². The summed E-state index contributed by atoms with van der Waals surface area (Å²) in [7, 11) is 1.44. The lowest BCUT2D eigenvalue weighted by molar-refractivity contribution is -0.136. The van der Waals surface area contributed by atoms with Gasteiger partial charge in [-0.25, -0.2) is 9.59 Å². The Kier molecular flexibility index (Phi) is 6.74. The number of carbonyl (C=O) groups is 3. The van der Waals surface area contributed by atoms with E-state index in [1.54, 1.807) is 0 Å². The third-order valence-electron chi connectivity index (χ3n) is 6.06. The molecule has 0 radical (unpaired) electrons. The highest BCUT2D eigenvalue weighted by Crippen LogP contribution is 2.44. The summed E-state index contributed by atoms with van der Waals surface area (Å²) >= 11 is 0. The summed E-state index contributed by atoms with van der Waals surface area (Å²) in [6.45, 7) is 0.563. The zero-order valence-corrected chi connectivity index (χ0v) is 18.3. The molecule has 2 amide bonds. The van der Waals surface area contributed by atoms with Crippen LogP contribution in [0.1, 0.15) is 23.5 Å². The van der Waals surface area contributed by atoms with Gasteiger partial charge in [-0.3, -0.25) is 4.79 Å². The lowest BCUT2D eigenvalue weighted by atomic mass is 9.98. The Morgan fingerprint density at radius 2 is 1.73 bits per heavy atom. The largest absolute Gasteiger partial charge is 0.478 e. The van der Waals surface area contributed by atoms with Gasteiger partial charge in [0.15, 0.2) is 0 Å². The average Bonchev–Trinajstić information content (AvgIpc) is 3.16. The highest BCUT2D eigenvalue weighted by Gasteiger charge is 2.31. The van der Waals surface area contributed by atoms with Gasteiger partial charge in [0.1, 0.15) is 12.6 Å². The summed E-state index contributed by atoms with van der Waals surface area (Å²) in [4.78, 5) is 38.1. The molecule has 1 aliphatic carbocycles. The van der Waals surface area contributed by atoms with Crippen LogP contribution in [0.2, 0.25) is 0 Å². The predicted molar refractivity (Wildman–Crippen MR) is 121 cm³/mol. The van der Waals surface area contributed by atoms with Crippen molar-refractivity contribution in [3.8, 4) is 11.1 Å². The normalized spacial score (nSPS) is 15.8. The Morgan fingerprint density at radius 1 is 1.09 bits per heavy atom. The molecule has 1 atom stereocenters. The van der Waals surface area contributed by atoms with Crippen molar-refractivity contribution in [2.45, 2.75) is 18.4 Å². The Balaban J connectivity index is 1.39. The van der Waals surface area contributed by atoms with Crippen LogP contribution in [0.25, 0.3) is 11.1 Å². The van der Waals surface area contributed by atoms with E-state index in [4.69, 9.17) is 14.6 Å². The molecule has 2 N–H and O–H groups in total. The van der Waals surface area contributed by atoms with Gasteiger partial charge >= 0.3 is 12.1 Å². The van der Waals surface area contributed by atoms with Crippen LogP contribution in [0.3, 0.4) is 0 Å². The van der Waals surface area contributed by atoms with E-state index in [1.807, 2.05) is 36.4 Å². The summed E-state index contributed by atoms with van der Waals surface area (Å²) in [5.41, 5.74) is 4.75. The summed E-state index contributed by atoms with van der Waals surface area (Å²) in [5, 5.41) is 11.7. The third-order valence-corrected chi connectivity index (χ3v) is 6.06. The fourth-order valence-corrected chi connectivity index (χ4v) is 4.41. The number of ether oxygens (including phenoxy) is 2. The molecule has 2 aromatic rings. The second-order valence-electron chi connectivity index (χ2n) is 8.05. The molecule has 0 spiro atoms. The maximum Gasteiger partial charge on any atom is 0.407 e. The Labute approximate surface area is 191 Å². The van der Waals surface area contributed by atoms with E-state index < -0.39 is 18.1 Å². The van der Waals surface area contributed by atoms with Gasteiger partial charge in [0.2, 0.25) is 5.91 Å². The Morgan fingerprint density at radius 3 is 2.27 bits per heavy atom. The van der Waals surface area contributed by atoms with Gasteiger partial charge in [-0.05, 0) is 28.7 Å². The first-order chi connectivity index (χ1) is 16.0. The van der Waals surface area contributed by atoms with Gasteiger partial charge in [0.05, 0.1) is 6.61 Å². The number of nitrogens with zero attached hydrogens (tertiary/aromatic N) is 1. The van der Waals surface area contributed by atoms with Crippen LogP contribution in [0.15, 0.2) is 60.2 Å². The molecule has 1 heterocycles. The second kappa shape index (κ2) is 9.87. The highest BCUT2D eigenvalue weighted by molar-refractivity contribution is 5.89. The molecule has 2 aromatic carbocycles. The first-order valence-electron chi connectivity index (χ1n) is 10.8. The van der Waals surface area contributed by atoms with Gasteiger partial charge in [0.25, 0.3) is 0 Å². The van der Waals surface area contributed by atoms with Crippen molar-refractivity contribution in [3.05, 3.63) is 71.3 Å². The molecule has 0 aromatic heterocycles. The minimum atomic E-state index is -0.979. The molecule has 0 saturated heterocycles. The molecule has 2 aliphatic rings. The molecule has 0 saturated carbocycles. The zero-order chi connectivity index (χ0) is 23.4. The number of amides is 2. The van der Waals surface area contributed by atoms with Crippen LogP contribution in [0, 0.1) is 0 Å².